The van der Waals surface area contributed by atoms with E-state index in [2.05, 4.69) is 241 Å². The lowest BCUT2D eigenvalue weighted by Gasteiger charge is -2.30. The first-order valence-corrected chi connectivity index (χ1v) is 67.4. The van der Waals surface area contributed by atoms with Crippen LogP contribution in [0.3, 0.4) is 0 Å². The molecule has 27 heteroatoms. The van der Waals surface area contributed by atoms with Crippen molar-refractivity contribution in [3.63, 3.8) is 0 Å². The molecule has 0 amide bonds. The summed E-state index contributed by atoms with van der Waals surface area (Å²) in [4.78, 5) is 13.5. The number of nitrogens with zero attached hydrogens (tertiary/aromatic N) is 5. The first-order chi connectivity index (χ1) is 70.7. The number of thiophene rings is 1. The van der Waals surface area contributed by atoms with Crippen LogP contribution in [-0.2, 0) is 116 Å². The van der Waals surface area contributed by atoms with Gasteiger partial charge in [0, 0.05) is 115 Å². The van der Waals surface area contributed by atoms with Crippen LogP contribution in [0, 0.1) is 11.8 Å². The Morgan fingerprint density at radius 1 is 0.427 bits per heavy atom. The molecule has 3 aliphatic rings. The maximum absolute atomic E-state index is 12.4. The highest BCUT2D eigenvalue weighted by Crippen LogP contribution is 2.36. The van der Waals surface area contributed by atoms with Crippen molar-refractivity contribution in [2.75, 3.05) is 133 Å². The summed E-state index contributed by atoms with van der Waals surface area (Å²) in [5, 5.41) is 6.64. The van der Waals surface area contributed by atoms with Crippen molar-refractivity contribution in [1.82, 2.24) is 10.3 Å². The quantitative estimate of drug-likeness (QED) is 0.0266. The predicted octanol–water partition coefficient (Wildman–Crippen LogP) is 28.9. The number of aryl methyl sites for hydroxylation is 8. The van der Waals surface area contributed by atoms with Gasteiger partial charge in [0.1, 0.15) is 11.0 Å². The number of morpholine rings is 1. The van der Waals surface area contributed by atoms with Crippen LogP contribution in [0.1, 0.15) is 356 Å². The minimum Gasteiger partial charge on any atom is -0.378 e. The molecule has 2 N–H and O–H groups in total. The number of sulfone groups is 4. The number of benzene rings is 6. The molecule has 6 aromatic carbocycles. The van der Waals surface area contributed by atoms with E-state index < -0.39 is 84.4 Å². The molecular weight excluding hydrogens is 2030 g/mol. The Morgan fingerprint density at radius 2 is 0.800 bits per heavy atom. The Bertz CT molecular complexity index is 5610. The lowest BCUT2D eigenvalue weighted by Crippen LogP contribution is -2.43. The zero-order valence-electron chi connectivity index (χ0n) is 96.5. The number of anilines is 5. The Hall–Kier alpha value is -6.46. The summed E-state index contributed by atoms with van der Waals surface area (Å²) in [7, 11) is -11.9. The fourth-order valence-corrected chi connectivity index (χ4v) is 25.7. The highest BCUT2D eigenvalue weighted by atomic mass is 35.5. The van der Waals surface area contributed by atoms with Gasteiger partial charge in [0.2, 0.25) is 10.0 Å². The van der Waals surface area contributed by atoms with Crippen LogP contribution in [0.4, 0.5) is 28.6 Å². The zero-order valence-corrected chi connectivity index (χ0v) is 103. The van der Waals surface area contributed by atoms with Gasteiger partial charge in [0.05, 0.1) is 60.5 Å². The number of piperazine rings is 1. The van der Waals surface area contributed by atoms with E-state index in [-0.39, 0.29) is 9.90 Å². The van der Waals surface area contributed by atoms with Gasteiger partial charge in [-0.25, -0.2) is 47.1 Å². The summed E-state index contributed by atoms with van der Waals surface area (Å²) in [6.45, 7) is 47.5. The van der Waals surface area contributed by atoms with Gasteiger partial charge in [-0.2, -0.15) is 0 Å². The predicted molar refractivity (Wildman–Crippen MR) is 651 cm³/mol. The molecule has 1 aliphatic carbocycles. The van der Waals surface area contributed by atoms with Gasteiger partial charge in [-0.3, -0.25) is 8.93 Å². The van der Waals surface area contributed by atoms with Gasteiger partial charge in [0.25, 0.3) is 0 Å². The van der Waals surface area contributed by atoms with Crippen molar-refractivity contribution in [1.29, 1.82) is 0 Å². The molecule has 8 aromatic rings. The van der Waals surface area contributed by atoms with Crippen LogP contribution >= 0.6 is 22.9 Å². The second-order valence-corrected chi connectivity index (χ2v) is 64.2. The van der Waals surface area contributed by atoms with Gasteiger partial charge in [0.15, 0.2) is 39.3 Å². The molecule has 0 bridgehead atoms. The fraction of sp³-hybridized carbons (Fsp3) is 0.650. The number of fused-ring (bicyclic) bond motifs is 1. The summed E-state index contributed by atoms with van der Waals surface area (Å²) >= 11 is 7.75. The third-order valence-corrected chi connectivity index (χ3v) is 44.9. The lowest BCUT2D eigenvalue weighted by atomic mass is 9.80. The van der Waals surface area contributed by atoms with Crippen LogP contribution in [0.15, 0.2) is 163 Å². The van der Waals surface area contributed by atoms with Crippen molar-refractivity contribution in [2.45, 2.75) is 392 Å². The third-order valence-electron chi connectivity index (χ3n) is 29.2. The van der Waals surface area contributed by atoms with E-state index in [1.807, 2.05) is 26.8 Å². The number of sulfonamides is 1. The van der Waals surface area contributed by atoms with E-state index >= 15 is 0 Å². The largest absolute Gasteiger partial charge is 0.378 e. The average Bonchev–Trinajstić information content (AvgIpc) is 1.20. The molecule has 846 valence electrons. The molecule has 1 atom stereocenters. The van der Waals surface area contributed by atoms with Gasteiger partial charge >= 0.3 is 0 Å². The first-order valence-electron chi connectivity index (χ1n) is 56.7. The number of aromatic nitrogens is 1. The van der Waals surface area contributed by atoms with E-state index in [4.69, 9.17) is 16.3 Å². The molecule has 19 nitrogen and oxygen atoms in total. The van der Waals surface area contributed by atoms with E-state index in [0.717, 1.165) is 198 Å². The fourth-order valence-electron chi connectivity index (χ4n) is 18.0. The number of nitrogens with one attached hydrogen (secondary N) is 2. The van der Waals surface area contributed by atoms with Crippen LogP contribution in [0.25, 0.3) is 10.1 Å². The Morgan fingerprint density at radius 3 is 1.21 bits per heavy atom. The molecule has 2 aliphatic heterocycles. The van der Waals surface area contributed by atoms with Gasteiger partial charge < -0.3 is 29.7 Å². The summed E-state index contributed by atoms with van der Waals surface area (Å²) in [6.07, 6.45) is 38.3. The van der Waals surface area contributed by atoms with E-state index in [1.54, 1.807) is 93.6 Å². The second-order valence-electron chi connectivity index (χ2n) is 47.0. The molecule has 11 rings (SSSR count). The van der Waals surface area contributed by atoms with Crippen LogP contribution in [-0.4, -0.2) is 189 Å². The van der Waals surface area contributed by atoms with E-state index in [9.17, 15) is 46.3 Å². The highest BCUT2D eigenvalue weighted by Gasteiger charge is 2.35. The smallest absolute Gasteiger partial charge is 0.236 e. The monoisotopic (exact) mass is 2220 g/mol. The van der Waals surface area contributed by atoms with Crippen molar-refractivity contribution >= 4 is 122 Å². The van der Waals surface area contributed by atoms with Crippen molar-refractivity contribution in [3.8, 4) is 0 Å². The first kappa shape index (κ1) is 132. The standard InChI is InChI=1S/C21H36N2O2S.C21H35NO3S.C21H37NO2S.C21H30O2S2.C20H27ClN2O2S.C19H33NOS/c1-21(2,3)26(24,25)18-8-6-4-5-7-9-19-10-12-20(13-11-19)23-16-14-22-15-17-23;1-21(2,3)26(23,24)18-8-6-4-5-7-9-19-10-12-20(13-11-19)22-14-16-25-17-15-22;1-6-22(7-2)20-16-14-19(15-17-20)13-11-9-8-10-12-18-25(23,24)21(3,4)5;1-21(2,3)25(22,23)15-18-8-5-16(6-9-18)4-7-17-10-11-20-19(14-17)12-13-24-20;1-4-5-6-16-7-9-17(10-8-16)11-12-18-13-14-19(21)22-20(18)23-26(24,25)15(2)3;1-19(2,3)22(21)16-10-8-6-7-9-11-17-12-14-18(15-13-17)20(4)5/h10-13,22H,4-9,14-18H2,1-3H3;10-13H,4-9,14-18H2,1-3H3;14-17H,6-13,18H2,1-5H3;10-14,16,18H,4-9,15H2,1-3H3;7-10,13-15H,4-6,11-12H2,1-3H3,(H,22,23);12-15H,6-11,16H2,1-5H3. The zero-order chi connectivity index (χ0) is 111. The SMILES string of the molecule is CC(C)(C)S(=O)(=O)CC1CCC(CCc2ccc3sccc3c2)CC1.CC(C)(C)S(=O)(=O)CCCCCCCc1ccc(N2CCNCC2)cc1.CC(C)(C)S(=O)(=O)CCCCCCCc1ccc(N2CCOCC2)cc1.CCCCc1ccc(CCc2ccc(Cl)nc2NS(=O)(=O)C(C)C)cc1.CCN(CC)c1ccc(CCCCCCCS(=O)(=O)C(C)(C)C)cc1.CN(C)c1ccc(CCCCCCCS(=O)C(C)(C)C)cc1. The van der Waals surface area contributed by atoms with Crippen molar-refractivity contribution in [3.05, 3.63) is 213 Å². The number of hydrogen-bond donors (Lipinski definition) is 2. The highest BCUT2D eigenvalue weighted by molar-refractivity contribution is 7.94. The van der Waals surface area contributed by atoms with Crippen LogP contribution in [0.5, 0.6) is 0 Å². The summed E-state index contributed by atoms with van der Waals surface area (Å²) in [5.74, 6) is 3.64. The average molecular weight is 2230 g/mol. The molecule has 150 heavy (non-hydrogen) atoms. The summed E-state index contributed by atoms with van der Waals surface area (Å²) in [6, 6.07) is 56.9. The molecule has 4 heterocycles. The maximum Gasteiger partial charge on any atom is 0.236 e. The third kappa shape index (κ3) is 50.0. The summed E-state index contributed by atoms with van der Waals surface area (Å²) in [5.41, 5.74) is 15.6. The molecule has 2 saturated heterocycles. The molecule has 0 spiro atoms. The summed E-state index contributed by atoms with van der Waals surface area (Å²) < 4.78 is 140. The van der Waals surface area contributed by atoms with Gasteiger partial charge in [-0.15, -0.1) is 11.3 Å². The number of pyridine rings is 1. The minimum atomic E-state index is -3.46. The second kappa shape index (κ2) is 66.3. The Kier molecular flexibility index (Phi) is 58.4. The topological polar surface area (TPSA) is 247 Å². The van der Waals surface area contributed by atoms with E-state index in [1.165, 1.54) is 175 Å². The van der Waals surface area contributed by atoms with Crippen molar-refractivity contribution in [2.24, 2.45) is 11.8 Å². The molecular formula is C123H198ClN7O12S7. The lowest BCUT2D eigenvalue weighted by molar-refractivity contribution is 0.122. The van der Waals surface area contributed by atoms with Gasteiger partial charge in [-0.1, -0.05) is 206 Å². The van der Waals surface area contributed by atoms with Crippen LogP contribution < -0.4 is 29.6 Å². The maximum atomic E-state index is 12.4. The van der Waals surface area contributed by atoms with Gasteiger partial charge in [-0.05, 0) is 394 Å². The molecule has 3 fully saturated rings. The van der Waals surface area contributed by atoms with E-state index in [0.29, 0.717) is 41.2 Å². The number of halogens is 1. The number of hydrogen-bond acceptors (Lipinski definition) is 19. The number of unbranched alkanes of at least 4 members (excludes halogenated alkanes) is 17. The number of rotatable bonds is 52. The molecule has 2 aromatic heterocycles. The van der Waals surface area contributed by atoms with Crippen molar-refractivity contribution < 1.29 is 51.0 Å². The molecule has 0 radical (unpaired) electrons. The number of ether oxygens (including phenoxy) is 1. The minimum absolute atomic E-state index is 0.0568. The Balaban J connectivity index is 0.000000275. The molecule has 1 saturated carbocycles. The Labute approximate surface area is 925 Å². The van der Waals surface area contributed by atoms with Crippen LogP contribution in [0.2, 0.25) is 5.15 Å². The normalized spacial score (nSPS) is 15.3. The molecule has 1 unspecified atom stereocenters.